The summed E-state index contributed by atoms with van der Waals surface area (Å²) in [4.78, 5) is 10.3. The molecule has 0 spiro atoms. The van der Waals surface area contributed by atoms with Crippen LogP contribution in [-0.2, 0) is 11.0 Å². The van der Waals surface area contributed by atoms with Crippen LogP contribution in [0.4, 0.5) is 18.9 Å². The first-order chi connectivity index (χ1) is 7.30. The van der Waals surface area contributed by atoms with Gasteiger partial charge in [0, 0.05) is 11.3 Å². The van der Waals surface area contributed by atoms with Gasteiger partial charge in [-0.05, 0) is 24.1 Å². The summed E-state index contributed by atoms with van der Waals surface area (Å²) in [7, 11) is 0. The average molecular weight is 228 g/mol. The van der Waals surface area contributed by atoms with E-state index in [9.17, 15) is 18.0 Å². The molecule has 84 valence electrons. The smallest absolute Gasteiger partial charge is 0.398 e. The van der Waals surface area contributed by atoms with E-state index < -0.39 is 23.3 Å². The number of anilines is 1. The Morgan fingerprint density at radius 2 is 1.94 bits per heavy atom. The summed E-state index contributed by atoms with van der Waals surface area (Å²) in [6.45, 7) is 0. The van der Waals surface area contributed by atoms with E-state index in [1.54, 1.807) is 0 Å². The van der Waals surface area contributed by atoms with E-state index in [4.69, 9.17) is 11.5 Å². The molecule has 0 saturated carbocycles. The maximum Gasteiger partial charge on any atom is 0.418 e. The fraction of sp³-hybridized carbons (Fsp3) is 0.100. The number of benzene rings is 1. The number of hydrogen-bond acceptors (Lipinski definition) is 2. The molecule has 0 radical (unpaired) electrons. The summed E-state index contributed by atoms with van der Waals surface area (Å²) in [5, 5.41) is 0. The molecule has 0 fully saturated rings. The first kappa shape index (κ1) is 11.9. The van der Waals surface area contributed by atoms with Crippen molar-refractivity contribution in [2.75, 3.05) is 5.73 Å². The highest BCUT2D eigenvalue weighted by atomic mass is 19.4. The number of halogens is 3. The number of primary amides is 1. The Morgan fingerprint density at radius 3 is 2.44 bits per heavy atom. The zero-order valence-electron chi connectivity index (χ0n) is 7.93. The monoisotopic (exact) mass is 228 g/mol. The molecule has 0 heterocycles. The Labute approximate surface area is 89.2 Å². The van der Waals surface area contributed by atoms with Gasteiger partial charge in [-0.25, -0.2) is 0 Å². The number of carbonyl (C=O) groups excluding carboxylic acids is 1. The normalized spacial score (nSPS) is 10.4. The van der Waals surface area contributed by atoms with Crippen LogP contribution in [0.15, 0.2) is 18.2 Å². The minimum absolute atomic E-state index is 0.0281. The van der Waals surface area contributed by atoms with E-state index in [-0.39, 0.29) is 5.56 Å². The van der Waals surface area contributed by atoms with Gasteiger partial charge in [0.15, 0.2) is 0 Å². The highest BCUT2D eigenvalue weighted by molar-refractivity contribution is 5.92. The van der Waals surface area contributed by atoms with Crippen molar-refractivity contribution in [1.82, 2.24) is 0 Å². The lowest BCUT2D eigenvalue weighted by molar-refractivity contribution is -0.136. The largest absolute Gasteiger partial charge is 0.418 e. The van der Waals surface area contributed by atoms with E-state index in [0.29, 0.717) is 0 Å². The average Bonchev–Trinajstić information content (AvgIpc) is 2.14. The van der Waals surface area contributed by atoms with Crippen molar-refractivity contribution in [2.24, 2.45) is 5.73 Å². The number of alkyl halides is 3. The Morgan fingerprint density at radius 1 is 1.31 bits per heavy atom. The number of nitrogen functional groups attached to an aromatic ring is 1. The van der Waals surface area contributed by atoms with Gasteiger partial charge in [0.1, 0.15) is 0 Å². The van der Waals surface area contributed by atoms with Crippen LogP contribution in [0, 0.1) is 11.8 Å². The van der Waals surface area contributed by atoms with Gasteiger partial charge in [-0.2, -0.15) is 13.2 Å². The lowest BCUT2D eigenvalue weighted by Gasteiger charge is -2.09. The molecule has 1 rings (SSSR count). The molecule has 0 atom stereocenters. The number of carbonyl (C=O) groups is 1. The molecule has 6 heteroatoms. The first-order valence-corrected chi connectivity index (χ1v) is 4.09. The summed E-state index contributed by atoms with van der Waals surface area (Å²) in [6, 6.07) is 3.12. The van der Waals surface area contributed by atoms with Gasteiger partial charge >= 0.3 is 6.18 Å². The SMILES string of the molecule is NC(=O)C#Cc1ccc(N)c(C(F)(F)F)c1. The van der Waals surface area contributed by atoms with E-state index >= 15 is 0 Å². The van der Waals surface area contributed by atoms with Crippen molar-refractivity contribution in [3.05, 3.63) is 29.3 Å². The topological polar surface area (TPSA) is 69.1 Å². The summed E-state index contributed by atoms with van der Waals surface area (Å²) in [6.07, 6.45) is -4.55. The van der Waals surface area contributed by atoms with Gasteiger partial charge < -0.3 is 11.5 Å². The molecular formula is C10H7F3N2O. The van der Waals surface area contributed by atoms with Gasteiger partial charge in [0.25, 0.3) is 5.91 Å². The molecule has 4 N–H and O–H groups in total. The first-order valence-electron chi connectivity index (χ1n) is 4.09. The molecule has 0 unspecified atom stereocenters. The number of hydrogen-bond donors (Lipinski definition) is 2. The van der Waals surface area contributed by atoms with E-state index in [0.717, 1.165) is 12.1 Å². The molecule has 0 bridgehead atoms. The van der Waals surface area contributed by atoms with Crippen LogP contribution in [0.1, 0.15) is 11.1 Å². The highest BCUT2D eigenvalue weighted by Gasteiger charge is 2.32. The molecule has 0 aliphatic carbocycles. The fourth-order valence-electron chi connectivity index (χ4n) is 1.01. The van der Waals surface area contributed by atoms with E-state index in [1.807, 2.05) is 5.92 Å². The van der Waals surface area contributed by atoms with Crippen LogP contribution < -0.4 is 11.5 Å². The summed E-state index contributed by atoms with van der Waals surface area (Å²) < 4.78 is 37.2. The Hall–Kier alpha value is -2.16. The van der Waals surface area contributed by atoms with Gasteiger partial charge in [-0.1, -0.05) is 5.92 Å². The number of amides is 1. The van der Waals surface area contributed by atoms with Crippen molar-refractivity contribution in [2.45, 2.75) is 6.18 Å². The predicted octanol–water partition coefficient (Wildman–Crippen LogP) is 1.12. The lowest BCUT2D eigenvalue weighted by atomic mass is 10.1. The van der Waals surface area contributed by atoms with Gasteiger partial charge in [0.2, 0.25) is 0 Å². The zero-order valence-corrected chi connectivity index (χ0v) is 7.93. The number of rotatable bonds is 0. The minimum atomic E-state index is -4.55. The maximum atomic E-state index is 12.4. The summed E-state index contributed by atoms with van der Waals surface area (Å²) in [5.41, 5.74) is 8.56. The molecular weight excluding hydrogens is 221 g/mol. The van der Waals surface area contributed by atoms with Crippen LogP contribution in [0.3, 0.4) is 0 Å². The molecule has 16 heavy (non-hydrogen) atoms. The molecule has 1 aromatic rings. The second kappa shape index (κ2) is 4.14. The zero-order chi connectivity index (χ0) is 12.3. The third kappa shape index (κ3) is 2.92. The molecule has 3 nitrogen and oxygen atoms in total. The fourth-order valence-corrected chi connectivity index (χ4v) is 1.01. The molecule has 1 aromatic carbocycles. The summed E-state index contributed by atoms with van der Waals surface area (Å²) >= 11 is 0. The van der Waals surface area contributed by atoms with Crippen LogP contribution in [0.2, 0.25) is 0 Å². The Kier molecular flexibility index (Phi) is 3.09. The van der Waals surface area contributed by atoms with Crippen molar-refractivity contribution in [1.29, 1.82) is 0 Å². The third-order valence-electron chi connectivity index (χ3n) is 1.69. The van der Waals surface area contributed by atoms with Crippen molar-refractivity contribution >= 4 is 11.6 Å². The van der Waals surface area contributed by atoms with Crippen LogP contribution >= 0.6 is 0 Å². The van der Waals surface area contributed by atoms with Crippen molar-refractivity contribution in [3.63, 3.8) is 0 Å². The predicted molar refractivity (Wildman–Crippen MR) is 51.9 cm³/mol. The van der Waals surface area contributed by atoms with Crippen LogP contribution in [-0.4, -0.2) is 5.91 Å². The second-order valence-corrected chi connectivity index (χ2v) is 2.91. The van der Waals surface area contributed by atoms with Crippen LogP contribution in [0.25, 0.3) is 0 Å². The molecule has 0 aromatic heterocycles. The standard InChI is InChI=1S/C10H7F3N2O/c11-10(12,13)7-5-6(1-3-8(7)14)2-4-9(15)16/h1,3,5H,14H2,(H2,15,16). The number of nitrogens with two attached hydrogens (primary N) is 2. The van der Waals surface area contributed by atoms with E-state index in [2.05, 4.69) is 5.92 Å². The van der Waals surface area contributed by atoms with Crippen molar-refractivity contribution in [3.8, 4) is 11.8 Å². The molecule has 0 aliphatic heterocycles. The molecule has 1 amide bonds. The summed E-state index contributed by atoms with van der Waals surface area (Å²) in [5.74, 6) is 3.23. The van der Waals surface area contributed by atoms with Crippen molar-refractivity contribution < 1.29 is 18.0 Å². The Bertz CT molecular complexity index is 483. The highest BCUT2D eigenvalue weighted by Crippen LogP contribution is 2.33. The van der Waals surface area contributed by atoms with Gasteiger partial charge in [-0.15, -0.1) is 0 Å². The quantitative estimate of drug-likeness (QED) is 0.516. The van der Waals surface area contributed by atoms with Crippen LogP contribution in [0.5, 0.6) is 0 Å². The van der Waals surface area contributed by atoms with E-state index in [1.165, 1.54) is 6.07 Å². The maximum absolute atomic E-state index is 12.4. The molecule has 0 saturated heterocycles. The minimum Gasteiger partial charge on any atom is -0.398 e. The lowest BCUT2D eigenvalue weighted by Crippen LogP contribution is -2.09. The Balaban J connectivity index is 3.20. The third-order valence-corrected chi connectivity index (χ3v) is 1.69. The molecule has 0 aliphatic rings. The second-order valence-electron chi connectivity index (χ2n) is 2.91. The van der Waals surface area contributed by atoms with Gasteiger partial charge in [-0.3, -0.25) is 4.79 Å². The van der Waals surface area contributed by atoms with Gasteiger partial charge in [0.05, 0.1) is 5.56 Å².